The minimum absolute atomic E-state index is 0.154. The van der Waals surface area contributed by atoms with Gasteiger partial charge >= 0.3 is 6.18 Å². The van der Waals surface area contributed by atoms with Crippen LogP contribution in [0.3, 0.4) is 0 Å². The molecule has 1 N–H and O–H groups in total. The van der Waals surface area contributed by atoms with E-state index in [1.54, 1.807) is 6.92 Å². The van der Waals surface area contributed by atoms with Crippen LogP contribution in [0.1, 0.15) is 11.4 Å². The van der Waals surface area contributed by atoms with Gasteiger partial charge in [0.15, 0.2) is 5.92 Å². The van der Waals surface area contributed by atoms with Crippen molar-refractivity contribution in [3.8, 4) is 6.07 Å². The molecule has 1 unspecified atom stereocenters. The van der Waals surface area contributed by atoms with Gasteiger partial charge in [0.1, 0.15) is 0 Å². The Balaban J connectivity index is 2.42. The maximum absolute atomic E-state index is 12.2. The Kier molecular flexibility index (Phi) is 4.40. The second-order valence-electron chi connectivity index (χ2n) is 3.50. The van der Waals surface area contributed by atoms with Gasteiger partial charge in [-0.15, -0.1) is 0 Å². The molecule has 0 aliphatic carbocycles. The monoisotopic (exact) mass is 244 g/mol. The summed E-state index contributed by atoms with van der Waals surface area (Å²) in [4.78, 5) is 7.93. The van der Waals surface area contributed by atoms with Gasteiger partial charge in [-0.05, 0) is 6.92 Å². The smallest absolute Gasteiger partial charge is 0.309 e. The molecular formula is C10H11F3N4. The predicted molar refractivity (Wildman–Crippen MR) is 53.6 cm³/mol. The third kappa shape index (κ3) is 4.36. The number of alkyl halides is 3. The van der Waals surface area contributed by atoms with Crippen LogP contribution in [0.25, 0.3) is 0 Å². The van der Waals surface area contributed by atoms with Gasteiger partial charge in [0.2, 0.25) is 0 Å². The number of hydrogen-bond donors (Lipinski definition) is 1. The molecule has 92 valence electrons. The molecule has 0 aliphatic rings. The van der Waals surface area contributed by atoms with Gasteiger partial charge in [-0.3, -0.25) is 9.97 Å². The van der Waals surface area contributed by atoms with Crippen LogP contribution in [0, 0.1) is 24.2 Å². The lowest BCUT2D eigenvalue weighted by atomic mass is 10.1. The molecule has 0 aromatic carbocycles. The van der Waals surface area contributed by atoms with E-state index in [2.05, 4.69) is 15.3 Å². The second kappa shape index (κ2) is 5.59. The second-order valence-corrected chi connectivity index (χ2v) is 3.50. The molecule has 17 heavy (non-hydrogen) atoms. The van der Waals surface area contributed by atoms with E-state index in [4.69, 9.17) is 5.26 Å². The minimum Gasteiger partial charge on any atom is -0.309 e. The Morgan fingerprint density at radius 3 is 2.59 bits per heavy atom. The normalized spacial score (nSPS) is 13.1. The largest absolute Gasteiger partial charge is 0.405 e. The molecule has 0 aliphatic heterocycles. The van der Waals surface area contributed by atoms with Crippen LogP contribution in [0.5, 0.6) is 0 Å². The molecule has 0 fully saturated rings. The van der Waals surface area contributed by atoms with Gasteiger partial charge < -0.3 is 5.32 Å². The molecule has 0 spiro atoms. The SMILES string of the molecule is Cc1cnc(CNCC(C#N)C(F)(F)F)cn1. The molecule has 1 rings (SSSR count). The number of nitriles is 1. The quantitative estimate of drug-likeness (QED) is 0.873. The Morgan fingerprint density at radius 2 is 2.12 bits per heavy atom. The first kappa shape index (κ1) is 13.4. The number of hydrogen-bond acceptors (Lipinski definition) is 4. The van der Waals surface area contributed by atoms with E-state index in [0.717, 1.165) is 5.69 Å². The summed E-state index contributed by atoms with van der Waals surface area (Å²) < 4.78 is 36.6. The molecule has 0 bridgehead atoms. The molecule has 0 radical (unpaired) electrons. The van der Waals surface area contributed by atoms with Gasteiger partial charge in [-0.1, -0.05) is 0 Å². The lowest BCUT2D eigenvalue weighted by Crippen LogP contribution is -2.32. The molecule has 4 nitrogen and oxygen atoms in total. The van der Waals surface area contributed by atoms with Crippen molar-refractivity contribution in [3.63, 3.8) is 0 Å². The maximum atomic E-state index is 12.2. The molecule has 7 heteroatoms. The first-order valence-electron chi connectivity index (χ1n) is 4.88. The first-order chi connectivity index (χ1) is 7.93. The number of nitrogens with zero attached hydrogens (tertiary/aromatic N) is 3. The highest BCUT2D eigenvalue weighted by Crippen LogP contribution is 2.24. The molecule has 1 aromatic heterocycles. The Morgan fingerprint density at radius 1 is 1.41 bits per heavy atom. The third-order valence-electron chi connectivity index (χ3n) is 2.04. The molecule has 0 amide bonds. The first-order valence-corrected chi connectivity index (χ1v) is 4.88. The highest BCUT2D eigenvalue weighted by molar-refractivity contribution is 5.00. The van der Waals surface area contributed by atoms with Crippen molar-refractivity contribution in [2.45, 2.75) is 19.6 Å². The standard InChI is InChI=1S/C10H11F3N4/c1-7-3-17-9(6-16-7)5-15-4-8(2-14)10(11,12)13/h3,6,8,15H,4-5H2,1H3. The maximum Gasteiger partial charge on any atom is 0.405 e. The number of nitrogens with one attached hydrogen (secondary N) is 1. The number of halogens is 3. The number of aryl methyl sites for hydroxylation is 1. The average Bonchev–Trinajstić information content (AvgIpc) is 2.25. The summed E-state index contributed by atoms with van der Waals surface area (Å²) in [6.45, 7) is 1.47. The lowest BCUT2D eigenvalue weighted by molar-refractivity contribution is -0.157. The summed E-state index contributed by atoms with van der Waals surface area (Å²) in [5.74, 6) is -2.00. The van der Waals surface area contributed by atoms with Gasteiger partial charge in [0, 0.05) is 25.5 Å². The minimum atomic E-state index is -4.50. The third-order valence-corrected chi connectivity index (χ3v) is 2.04. The fourth-order valence-electron chi connectivity index (χ4n) is 1.09. The predicted octanol–water partition coefficient (Wildman–Crippen LogP) is 1.58. The van der Waals surface area contributed by atoms with Crippen LogP contribution in [-0.2, 0) is 6.54 Å². The zero-order valence-electron chi connectivity index (χ0n) is 9.12. The van der Waals surface area contributed by atoms with Gasteiger partial charge in [-0.2, -0.15) is 18.4 Å². The van der Waals surface area contributed by atoms with Crippen molar-refractivity contribution < 1.29 is 13.2 Å². The summed E-state index contributed by atoms with van der Waals surface area (Å²) >= 11 is 0. The summed E-state index contributed by atoms with van der Waals surface area (Å²) in [6, 6.07) is 1.21. The van der Waals surface area contributed by atoms with Crippen molar-refractivity contribution in [1.82, 2.24) is 15.3 Å². The highest BCUT2D eigenvalue weighted by atomic mass is 19.4. The van der Waals surface area contributed by atoms with Crippen LogP contribution in [0.2, 0.25) is 0 Å². The van der Waals surface area contributed by atoms with Gasteiger partial charge in [0.05, 0.1) is 17.5 Å². The molecule has 1 atom stereocenters. The molecule has 0 saturated heterocycles. The molecule has 0 saturated carbocycles. The fourth-order valence-corrected chi connectivity index (χ4v) is 1.09. The van der Waals surface area contributed by atoms with E-state index in [9.17, 15) is 13.2 Å². The van der Waals surface area contributed by atoms with Crippen molar-refractivity contribution in [2.24, 2.45) is 5.92 Å². The average molecular weight is 244 g/mol. The van der Waals surface area contributed by atoms with E-state index in [1.165, 1.54) is 18.5 Å². The molecule has 1 aromatic rings. The van der Waals surface area contributed by atoms with Crippen LogP contribution in [0.15, 0.2) is 12.4 Å². The fraction of sp³-hybridized carbons (Fsp3) is 0.500. The summed E-state index contributed by atoms with van der Waals surface area (Å²) in [5, 5.41) is 10.9. The topological polar surface area (TPSA) is 61.6 Å². The highest BCUT2D eigenvalue weighted by Gasteiger charge is 2.39. The van der Waals surface area contributed by atoms with Crippen molar-refractivity contribution in [1.29, 1.82) is 5.26 Å². The summed E-state index contributed by atoms with van der Waals surface area (Å²) in [7, 11) is 0. The Labute approximate surface area is 96.5 Å². The van der Waals surface area contributed by atoms with Gasteiger partial charge in [-0.25, -0.2) is 0 Å². The zero-order valence-corrected chi connectivity index (χ0v) is 9.12. The van der Waals surface area contributed by atoms with Crippen LogP contribution >= 0.6 is 0 Å². The number of rotatable bonds is 4. The Hall–Kier alpha value is -1.68. The van der Waals surface area contributed by atoms with Crippen LogP contribution < -0.4 is 5.32 Å². The van der Waals surface area contributed by atoms with E-state index in [-0.39, 0.29) is 6.54 Å². The van der Waals surface area contributed by atoms with Crippen molar-refractivity contribution >= 4 is 0 Å². The summed E-state index contributed by atoms with van der Waals surface area (Å²) in [6.07, 6.45) is -1.49. The Bertz CT molecular complexity index is 393. The number of aromatic nitrogens is 2. The lowest BCUT2D eigenvalue weighted by Gasteiger charge is -2.13. The zero-order chi connectivity index (χ0) is 12.9. The van der Waals surface area contributed by atoms with E-state index >= 15 is 0 Å². The van der Waals surface area contributed by atoms with E-state index < -0.39 is 18.6 Å². The van der Waals surface area contributed by atoms with Crippen LogP contribution in [-0.4, -0.2) is 22.7 Å². The molecular weight excluding hydrogens is 233 g/mol. The molecule has 1 heterocycles. The van der Waals surface area contributed by atoms with E-state index in [1.807, 2.05) is 0 Å². The van der Waals surface area contributed by atoms with Crippen molar-refractivity contribution in [2.75, 3.05) is 6.54 Å². The summed E-state index contributed by atoms with van der Waals surface area (Å²) in [5.41, 5.74) is 1.27. The van der Waals surface area contributed by atoms with Gasteiger partial charge in [0.25, 0.3) is 0 Å². The van der Waals surface area contributed by atoms with Crippen molar-refractivity contribution in [3.05, 3.63) is 23.8 Å². The van der Waals surface area contributed by atoms with Crippen LogP contribution in [0.4, 0.5) is 13.2 Å². The van der Waals surface area contributed by atoms with E-state index in [0.29, 0.717) is 5.69 Å².